The van der Waals surface area contributed by atoms with Crippen LogP contribution in [0.15, 0.2) is 12.8 Å². The molecule has 196 valence electrons. The molecular formula is C20H32O14. The molecule has 14 nitrogen and oxygen atoms in total. The van der Waals surface area contributed by atoms with E-state index in [0.717, 1.165) is 6.26 Å². The van der Waals surface area contributed by atoms with Gasteiger partial charge in [0.25, 0.3) is 0 Å². The average Bonchev–Trinajstić information content (AvgIpc) is 2.81. The summed E-state index contributed by atoms with van der Waals surface area (Å²) >= 11 is 0. The van der Waals surface area contributed by atoms with E-state index in [-0.39, 0.29) is 12.8 Å². The maximum atomic E-state index is 12.0. The highest BCUT2D eigenvalue weighted by Crippen LogP contribution is 2.29. The maximum Gasteiger partial charge on any atom is 0.310 e. The van der Waals surface area contributed by atoms with Crippen molar-refractivity contribution in [3.63, 3.8) is 0 Å². The second kappa shape index (κ2) is 13.4. The monoisotopic (exact) mass is 496 g/mol. The number of aliphatic hydroxyl groups excluding tert-OH is 7. The summed E-state index contributed by atoms with van der Waals surface area (Å²) < 4.78 is 25.5. The Labute approximate surface area is 194 Å². The standard InChI is InChI=1S/C20H32O14/c1-2-30-11(22)5-3-4-6-12(23)31-8-10-18(15(26)16(27)19(29)32-10)34-20-17(28)14(25)13(24)9(7-21)33-20/h2,9-10,13-21,24-29H,1,3-8H2/t9-,10-,13+,14+,15-,16-,17-,18-,19-,20+/m1/s1. The van der Waals surface area contributed by atoms with Gasteiger partial charge < -0.3 is 59.4 Å². The molecule has 10 atom stereocenters. The molecule has 2 aliphatic heterocycles. The number of carbonyl (C=O) groups excluding carboxylic acids is 2. The quantitative estimate of drug-likeness (QED) is 0.0834. The van der Waals surface area contributed by atoms with E-state index < -0.39 is 86.6 Å². The van der Waals surface area contributed by atoms with Crippen molar-refractivity contribution in [2.45, 2.75) is 87.1 Å². The highest BCUT2D eigenvalue weighted by atomic mass is 16.7. The van der Waals surface area contributed by atoms with Crippen LogP contribution >= 0.6 is 0 Å². The van der Waals surface area contributed by atoms with Crippen molar-refractivity contribution < 1.29 is 69.0 Å². The molecule has 0 aromatic carbocycles. The summed E-state index contributed by atoms with van der Waals surface area (Å²) in [5, 5.41) is 69.3. The van der Waals surface area contributed by atoms with E-state index in [0.29, 0.717) is 12.8 Å². The predicted molar refractivity (Wildman–Crippen MR) is 107 cm³/mol. The Morgan fingerprint density at radius 1 is 0.824 bits per heavy atom. The van der Waals surface area contributed by atoms with E-state index in [9.17, 15) is 45.3 Å². The first-order valence-electron chi connectivity index (χ1n) is 10.7. The van der Waals surface area contributed by atoms with Crippen molar-refractivity contribution >= 4 is 11.9 Å². The van der Waals surface area contributed by atoms with Crippen molar-refractivity contribution in [2.75, 3.05) is 13.2 Å². The third kappa shape index (κ3) is 7.39. The Balaban J connectivity index is 1.95. The Morgan fingerprint density at radius 3 is 2.09 bits per heavy atom. The van der Waals surface area contributed by atoms with Crippen molar-refractivity contribution in [2.24, 2.45) is 0 Å². The van der Waals surface area contributed by atoms with E-state index in [1.54, 1.807) is 0 Å². The Kier molecular flexibility index (Phi) is 11.2. The van der Waals surface area contributed by atoms with Crippen LogP contribution in [0, 0.1) is 0 Å². The lowest BCUT2D eigenvalue weighted by Crippen LogP contribution is -2.64. The SMILES string of the molecule is C=COC(=O)CCCCC(=O)OC[C@H]1O[C@@H](O)[C@H](O)[C@@H](O)[C@@H]1O[C@@H]1O[C@H](CO)[C@H](O)[C@H](O)[C@H]1O. The molecule has 0 radical (unpaired) electrons. The van der Waals surface area contributed by atoms with Crippen LogP contribution in [-0.4, -0.2) is 122 Å². The first kappa shape index (κ1) is 28.5. The summed E-state index contributed by atoms with van der Waals surface area (Å²) in [6, 6.07) is 0. The molecule has 0 aromatic heterocycles. The Bertz CT molecular complexity index is 672. The number of hydrogen-bond acceptors (Lipinski definition) is 14. The summed E-state index contributed by atoms with van der Waals surface area (Å²) in [6.07, 6.45) is -14.8. The second-order valence-electron chi connectivity index (χ2n) is 7.89. The molecule has 0 aliphatic carbocycles. The van der Waals surface area contributed by atoms with Gasteiger partial charge in [-0.3, -0.25) is 9.59 Å². The minimum absolute atomic E-state index is 0.0555. The van der Waals surface area contributed by atoms with Crippen LogP contribution in [0.1, 0.15) is 25.7 Å². The summed E-state index contributed by atoms with van der Waals surface area (Å²) in [4.78, 5) is 23.2. The van der Waals surface area contributed by atoms with Gasteiger partial charge in [0.2, 0.25) is 0 Å². The zero-order chi connectivity index (χ0) is 25.4. The molecule has 2 rings (SSSR count). The number of aliphatic hydroxyl groups is 7. The van der Waals surface area contributed by atoms with Crippen molar-refractivity contribution in [1.29, 1.82) is 0 Å². The van der Waals surface area contributed by atoms with Crippen LogP contribution in [0.5, 0.6) is 0 Å². The third-order valence-corrected chi connectivity index (χ3v) is 5.43. The summed E-state index contributed by atoms with van der Waals surface area (Å²) in [5.41, 5.74) is 0. The first-order chi connectivity index (χ1) is 16.1. The van der Waals surface area contributed by atoms with E-state index >= 15 is 0 Å². The molecule has 0 amide bonds. The highest BCUT2D eigenvalue weighted by Gasteiger charge is 2.50. The van der Waals surface area contributed by atoms with Crippen LogP contribution in [0.4, 0.5) is 0 Å². The summed E-state index contributed by atoms with van der Waals surface area (Å²) in [5.74, 6) is -1.17. The normalized spacial score (nSPS) is 38.2. The van der Waals surface area contributed by atoms with Gasteiger partial charge in [0.05, 0.1) is 12.9 Å². The number of hydrogen-bond donors (Lipinski definition) is 7. The summed E-state index contributed by atoms with van der Waals surface area (Å²) in [7, 11) is 0. The van der Waals surface area contributed by atoms with E-state index in [1.165, 1.54) is 0 Å². The van der Waals surface area contributed by atoms with Gasteiger partial charge >= 0.3 is 11.9 Å². The zero-order valence-corrected chi connectivity index (χ0v) is 18.3. The maximum absolute atomic E-state index is 12.0. The number of unbranched alkanes of at least 4 members (excludes halogenated alkanes) is 1. The number of carbonyl (C=O) groups is 2. The van der Waals surface area contributed by atoms with E-state index in [1.807, 2.05) is 0 Å². The third-order valence-electron chi connectivity index (χ3n) is 5.43. The van der Waals surface area contributed by atoms with Crippen LogP contribution < -0.4 is 0 Å². The lowest BCUT2D eigenvalue weighted by atomic mass is 9.97. The van der Waals surface area contributed by atoms with Gasteiger partial charge in [-0.05, 0) is 12.8 Å². The average molecular weight is 496 g/mol. The topological polar surface area (TPSA) is 222 Å². The van der Waals surface area contributed by atoms with Crippen LogP contribution in [0.25, 0.3) is 0 Å². The van der Waals surface area contributed by atoms with Crippen LogP contribution in [-0.2, 0) is 33.3 Å². The predicted octanol–water partition coefficient (Wildman–Crippen LogP) is -3.60. The molecule has 0 aromatic rings. The Morgan fingerprint density at radius 2 is 1.47 bits per heavy atom. The molecule has 0 spiro atoms. The molecule has 7 N–H and O–H groups in total. The fourth-order valence-corrected chi connectivity index (χ4v) is 3.49. The van der Waals surface area contributed by atoms with E-state index in [2.05, 4.69) is 11.3 Å². The number of ether oxygens (including phenoxy) is 5. The largest absolute Gasteiger partial charge is 0.463 e. The van der Waals surface area contributed by atoms with Gasteiger partial charge in [-0.2, -0.15) is 0 Å². The van der Waals surface area contributed by atoms with E-state index in [4.69, 9.17) is 18.9 Å². The molecule has 2 fully saturated rings. The van der Waals surface area contributed by atoms with Gasteiger partial charge in [-0.25, -0.2) is 0 Å². The fourth-order valence-electron chi connectivity index (χ4n) is 3.49. The van der Waals surface area contributed by atoms with Gasteiger partial charge in [0.1, 0.15) is 55.4 Å². The van der Waals surface area contributed by atoms with Crippen molar-refractivity contribution in [3.05, 3.63) is 12.8 Å². The minimum atomic E-state index is -1.84. The molecule has 0 saturated carbocycles. The van der Waals surface area contributed by atoms with Gasteiger partial charge in [-0.1, -0.05) is 6.58 Å². The molecular weight excluding hydrogens is 464 g/mol. The second-order valence-corrected chi connectivity index (χ2v) is 7.89. The molecule has 2 heterocycles. The lowest BCUT2D eigenvalue weighted by molar-refractivity contribution is -0.355. The smallest absolute Gasteiger partial charge is 0.310 e. The first-order valence-corrected chi connectivity index (χ1v) is 10.7. The van der Waals surface area contributed by atoms with Crippen LogP contribution in [0.2, 0.25) is 0 Å². The molecule has 2 aliphatic rings. The number of esters is 2. The molecule has 2 saturated heterocycles. The molecule has 34 heavy (non-hydrogen) atoms. The zero-order valence-electron chi connectivity index (χ0n) is 18.3. The van der Waals surface area contributed by atoms with Crippen LogP contribution in [0.3, 0.4) is 0 Å². The molecule has 0 unspecified atom stereocenters. The molecule has 14 heteroatoms. The summed E-state index contributed by atoms with van der Waals surface area (Å²) in [6.45, 7) is 2.01. The fraction of sp³-hybridized carbons (Fsp3) is 0.800. The van der Waals surface area contributed by atoms with Crippen molar-refractivity contribution in [1.82, 2.24) is 0 Å². The van der Waals surface area contributed by atoms with Crippen molar-refractivity contribution in [3.8, 4) is 0 Å². The lowest BCUT2D eigenvalue weighted by Gasteiger charge is -2.45. The number of rotatable bonds is 11. The minimum Gasteiger partial charge on any atom is -0.463 e. The highest BCUT2D eigenvalue weighted by molar-refractivity contribution is 5.70. The molecule has 0 bridgehead atoms. The van der Waals surface area contributed by atoms with Gasteiger partial charge in [0, 0.05) is 12.8 Å². The van der Waals surface area contributed by atoms with Gasteiger partial charge in [-0.15, -0.1) is 0 Å². The Hall–Kier alpha value is -1.72. The van der Waals surface area contributed by atoms with Gasteiger partial charge in [0.15, 0.2) is 12.6 Å².